The first-order valence-electron chi connectivity index (χ1n) is 9.50. The zero-order valence-electron chi connectivity index (χ0n) is 15.0. The van der Waals surface area contributed by atoms with Gasteiger partial charge in [0.25, 0.3) is 0 Å². The lowest BCUT2D eigenvalue weighted by molar-refractivity contribution is 0.0172. The van der Waals surface area contributed by atoms with Gasteiger partial charge < -0.3 is 4.74 Å². The Kier molecular flexibility index (Phi) is 5.44. The largest absolute Gasteiger partial charge is 0.373 e. The van der Waals surface area contributed by atoms with E-state index in [1.165, 1.54) is 47.6 Å². The molecule has 2 aliphatic heterocycles. The molecular formula is C20H27N3OS. The Hall–Kier alpha value is -1.30. The van der Waals surface area contributed by atoms with Crippen LogP contribution in [-0.2, 0) is 11.3 Å². The van der Waals surface area contributed by atoms with Gasteiger partial charge in [-0.1, -0.05) is 0 Å². The predicted molar refractivity (Wildman–Crippen MR) is 101 cm³/mol. The van der Waals surface area contributed by atoms with Crippen molar-refractivity contribution >= 4 is 11.3 Å². The number of likely N-dealkylation sites (tertiary alicyclic amines) is 1. The molecule has 2 fully saturated rings. The van der Waals surface area contributed by atoms with Crippen LogP contribution in [0.2, 0.25) is 0 Å². The molecule has 0 amide bonds. The summed E-state index contributed by atoms with van der Waals surface area (Å²) in [5, 5.41) is 0. The first kappa shape index (κ1) is 17.1. The van der Waals surface area contributed by atoms with Gasteiger partial charge in [-0.05, 0) is 70.3 Å². The number of aryl methyl sites for hydroxylation is 1. The molecule has 2 saturated heterocycles. The van der Waals surface area contributed by atoms with Crippen LogP contribution in [0, 0.1) is 6.92 Å². The normalized spacial score (nSPS) is 23.0. The highest BCUT2D eigenvalue weighted by atomic mass is 32.1. The third kappa shape index (κ3) is 4.27. The van der Waals surface area contributed by atoms with Crippen LogP contribution < -0.4 is 0 Å². The van der Waals surface area contributed by atoms with E-state index in [0.717, 1.165) is 32.1 Å². The van der Waals surface area contributed by atoms with Gasteiger partial charge in [-0.3, -0.25) is 4.90 Å². The van der Waals surface area contributed by atoms with Crippen molar-refractivity contribution in [3.8, 4) is 0 Å². The molecule has 0 radical (unpaired) electrons. The second-order valence-corrected chi connectivity index (χ2v) is 8.44. The van der Waals surface area contributed by atoms with Crippen LogP contribution in [0.5, 0.6) is 0 Å². The Morgan fingerprint density at radius 2 is 2.04 bits per heavy atom. The Balaban J connectivity index is 1.30. The number of thiophene rings is 1. The molecule has 0 aromatic carbocycles. The summed E-state index contributed by atoms with van der Waals surface area (Å²) in [6.45, 7) is 6.28. The van der Waals surface area contributed by atoms with Crippen LogP contribution in [0.25, 0.3) is 0 Å². The van der Waals surface area contributed by atoms with Gasteiger partial charge in [0.2, 0.25) is 0 Å². The minimum absolute atomic E-state index is 0.347. The van der Waals surface area contributed by atoms with Crippen LogP contribution >= 0.6 is 11.3 Å². The third-order valence-electron chi connectivity index (χ3n) is 5.36. The molecule has 4 heterocycles. The summed E-state index contributed by atoms with van der Waals surface area (Å²) in [6, 6.07) is 6.67. The summed E-state index contributed by atoms with van der Waals surface area (Å²) in [5.74, 6) is 1.48. The van der Waals surface area contributed by atoms with E-state index in [0.29, 0.717) is 12.0 Å². The van der Waals surface area contributed by atoms with Crippen molar-refractivity contribution in [2.75, 3.05) is 19.7 Å². The van der Waals surface area contributed by atoms with E-state index in [1.807, 2.05) is 24.5 Å². The van der Waals surface area contributed by atoms with Gasteiger partial charge in [0.1, 0.15) is 5.82 Å². The first-order chi connectivity index (χ1) is 12.3. The van der Waals surface area contributed by atoms with E-state index < -0.39 is 0 Å². The molecule has 5 heteroatoms. The maximum absolute atomic E-state index is 5.92. The molecule has 2 aliphatic rings. The van der Waals surface area contributed by atoms with Crippen LogP contribution in [0.3, 0.4) is 0 Å². The fraction of sp³-hybridized carbons (Fsp3) is 0.600. The lowest BCUT2D eigenvalue weighted by atomic mass is 9.93. The number of hydrogen-bond donors (Lipinski definition) is 0. The molecule has 1 atom stereocenters. The van der Waals surface area contributed by atoms with Gasteiger partial charge in [-0.15, -0.1) is 11.3 Å². The van der Waals surface area contributed by atoms with Gasteiger partial charge in [-0.2, -0.15) is 0 Å². The maximum atomic E-state index is 5.92. The van der Waals surface area contributed by atoms with Crippen molar-refractivity contribution in [2.24, 2.45) is 0 Å². The van der Waals surface area contributed by atoms with Crippen molar-refractivity contribution in [3.63, 3.8) is 0 Å². The minimum atomic E-state index is 0.347. The lowest BCUT2D eigenvalue weighted by Crippen LogP contribution is -2.32. The van der Waals surface area contributed by atoms with Gasteiger partial charge in [0.05, 0.1) is 6.10 Å². The molecule has 4 rings (SSSR count). The fourth-order valence-electron chi connectivity index (χ4n) is 3.93. The van der Waals surface area contributed by atoms with Gasteiger partial charge in [0.15, 0.2) is 0 Å². The Labute approximate surface area is 154 Å². The molecular weight excluding hydrogens is 330 g/mol. The molecule has 0 N–H and O–H groups in total. The van der Waals surface area contributed by atoms with Crippen LogP contribution in [0.1, 0.15) is 65.4 Å². The van der Waals surface area contributed by atoms with Crippen molar-refractivity contribution in [1.82, 2.24) is 14.9 Å². The predicted octanol–water partition coefficient (Wildman–Crippen LogP) is 4.47. The lowest BCUT2D eigenvalue weighted by Gasteiger charge is -2.31. The standard InChI is InChI=1S/C20H27N3OS/c1-15-21-10-7-18(22-15)16-8-11-23(12-9-16)14-17-5-6-20(25-17)19-4-2-3-13-24-19/h5-7,10,16,19H,2-4,8-9,11-14H2,1H3. The summed E-state index contributed by atoms with van der Waals surface area (Å²) in [5.41, 5.74) is 1.22. The fourth-order valence-corrected chi connectivity index (χ4v) is 5.07. The number of rotatable bonds is 4. The van der Waals surface area contributed by atoms with E-state index in [1.54, 1.807) is 0 Å². The van der Waals surface area contributed by atoms with Gasteiger partial charge in [-0.25, -0.2) is 9.97 Å². The number of nitrogens with zero attached hydrogens (tertiary/aromatic N) is 3. The molecule has 0 saturated carbocycles. The van der Waals surface area contributed by atoms with Crippen molar-refractivity contribution in [2.45, 2.75) is 57.6 Å². The van der Waals surface area contributed by atoms with Crippen LogP contribution in [-0.4, -0.2) is 34.6 Å². The monoisotopic (exact) mass is 357 g/mol. The van der Waals surface area contributed by atoms with E-state index >= 15 is 0 Å². The quantitative estimate of drug-likeness (QED) is 0.809. The Bertz CT molecular complexity index is 688. The number of aromatic nitrogens is 2. The van der Waals surface area contributed by atoms with Crippen molar-refractivity contribution in [3.05, 3.63) is 45.7 Å². The van der Waals surface area contributed by atoms with E-state index in [4.69, 9.17) is 4.74 Å². The Morgan fingerprint density at radius 3 is 2.80 bits per heavy atom. The first-order valence-corrected chi connectivity index (χ1v) is 10.3. The highest BCUT2D eigenvalue weighted by molar-refractivity contribution is 7.12. The van der Waals surface area contributed by atoms with Crippen LogP contribution in [0.15, 0.2) is 24.4 Å². The second kappa shape index (κ2) is 7.94. The minimum Gasteiger partial charge on any atom is -0.373 e. The van der Waals surface area contributed by atoms with Crippen molar-refractivity contribution in [1.29, 1.82) is 0 Å². The summed E-state index contributed by atoms with van der Waals surface area (Å²) < 4.78 is 5.92. The molecule has 0 aliphatic carbocycles. The molecule has 0 bridgehead atoms. The van der Waals surface area contributed by atoms with Crippen molar-refractivity contribution < 1.29 is 4.74 Å². The summed E-state index contributed by atoms with van der Waals surface area (Å²) in [7, 11) is 0. The van der Waals surface area contributed by atoms with E-state index in [9.17, 15) is 0 Å². The highest BCUT2D eigenvalue weighted by Crippen LogP contribution is 2.34. The number of hydrogen-bond acceptors (Lipinski definition) is 5. The molecule has 1 unspecified atom stereocenters. The zero-order chi connectivity index (χ0) is 17.1. The molecule has 2 aromatic heterocycles. The average Bonchev–Trinajstić information content (AvgIpc) is 3.12. The van der Waals surface area contributed by atoms with E-state index in [2.05, 4.69) is 33.1 Å². The van der Waals surface area contributed by atoms with Gasteiger partial charge >= 0.3 is 0 Å². The molecule has 2 aromatic rings. The topological polar surface area (TPSA) is 38.2 Å². The highest BCUT2D eigenvalue weighted by Gasteiger charge is 2.23. The summed E-state index contributed by atoms with van der Waals surface area (Å²) in [6.07, 6.45) is 8.33. The second-order valence-electron chi connectivity index (χ2n) is 7.24. The zero-order valence-corrected chi connectivity index (χ0v) is 15.8. The average molecular weight is 358 g/mol. The molecule has 25 heavy (non-hydrogen) atoms. The number of ether oxygens (including phenoxy) is 1. The number of piperidine rings is 1. The summed E-state index contributed by atoms with van der Waals surface area (Å²) >= 11 is 1.94. The van der Waals surface area contributed by atoms with E-state index in [-0.39, 0.29) is 0 Å². The molecule has 4 nitrogen and oxygen atoms in total. The third-order valence-corrected chi connectivity index (χ3v) is 6.52. The van der Waals surface area contributed by atoms with Gasteiger partial charge in [0, 0.05) is 40.7 Å². The maximum Gasteiger partial charge on any atom is 0.125 e. The molecule has 134 valence electrons. The Morgan fingerprint density at radius 1 is 1.16 bits per heavy atom. The molecule has 0 spiro atoms. The SMILES string of the molecule is Cc1nccc(C2CCN(Cc3ccc(C4CCCCO4)s3)CC2)n1. The van der Waals surface area contributed by atoms with Crippen LogP contribution in [0.4, 0.5) is 0 Å². The smallest absolute Gasteiger partial charge is 0.125 e. The summed E-state index contributed by atoms with van der Waals surface area (Å²) in [4.78, 5) is 14.3.